The Morgan fingerprint density at radius 2 is 1.92 bits per heavy atom. The maximum atomic E-state index is 12.7. The van der Waals surface area contributed by atoms with E-state index in [1.165, 1.54) is 18.4 Å². The quantitative estimate of drug-likeness (QED) is 0.705. The van der Waals surface area contributed by atoms with Crippen LogP contribution in [0.5, 0.6) is 0 Å². The molecule has 0 radical (unpaired) electrons. The van der Waals surface area contributed by atoms with Crippen LogP contribution in [0.15, 0.2) is 46.7 Å². The normalized spacial score (nSPS) is 14.0. The molecule has 2 unspecified atom stereocenters. The van der Waals surface area contributed by atoms with Crippen molar-refractivity contribution in [2.45, 2.75) is 43.5 Å². The van der Waals surface area contributed by atoms with Crippen molar-refractivity contribution < 1.29 is 17.9 Å². The van der Waals surface area contributed by atoms with Gasteiger partial charge in [-0.15, -0.1) is 11.3 Å². The lowest BCUT2D eigenvalue weighted by Gasteiger charge is -2.17. The number of hydrogen-bond acceptors (Lipinski definition) is 5. The topological polar surface area (TPSA) is 72.5 Å². The maximum Gasteiger partial charge on any atom is 0.307 e. The molecule has 0 saturated heterocycles. The molecule has 1 N–H and O–H groups in total. The smallest absolute Gasteiger partial charge is 0.307 e. The van der Waals surface area contributed by atoms with E-state index in [2.05, 4.69) is 23.3 Å². The van der Waals surface area contributed by atoms with Crippen LogP contribution in [0.25, 0.3) is 0 Å². The standard InChI is InChI=1S/C18H23NO4S2/c1-4-13(2)14-7-9-15(10-8-14)25(21,22)19-16(12-18(20)23-3)17-6-5-11-24-17/h5-11,13,16,19H,4,12H2,1-3H3. The highest BCUT2D eigenvalue weighted by molar-refractivity contribution is 7.89. The number of hydrogen-bond donors (Lipinski definition) is 1. The highest BCUT2D eigenvalue weighted by atomic mass is 32.2. The first-order chi connectivity index (χ1) is 11.9. The van der Waals surface area contributed by atoms with Crippen molar-refractivity contribution in [2.75, 3.05) is 7.11 Å². The number of rotatable bonds is 8. The van der Waals surface area contributed by atoms with Gasteiger partial charge in [-0.25, -0.2) is 13.1 Å². The molecule has 1 aromatic heterocycles. The number of nitrogens with one attached hydrogen (secondary N) is 1. The van der Waals surface area contributed by atoms with Crippen LogP contribution < -0.4 is 4.72 Å². The largest absolute Gasteiger partial charge is 0.469 e. The van der Waals surface area contributed by atoms with Crippen LogP contribution in [0.1, 0.15) is 49.1 Å². The third-order valence-electron chi connectivity index (χ3n) is 4.15. The molecule has 2 atom stereocenters. The zero-order valence-corrected chi connectivity index (χ0v) is 16.2. The second kappa shape index (κ2) is 8.60. The zero-order chi connectivity index (χ0) is 18.4. The Labute approximate surface area is 153 Å². The van der Waals surface area contributed by atoms with Crippen LogP contribution >= 0.6 is 11.3 Å². The monoisotopic (exact) mass is 381 g/mol. The molecule has 0 bridgehead atoms. The summed E-state index contributed by atoms with van der Waals surface area (Å²) >= 11 is 1.39. The van der Waals surface area contributed by atoms with Gasteiger partial charge in [0, 0.05) is 4.88 Å². The molecule has 0 saturated carbocycles. The van der Waals surface area contributed by atoms with Crippen LogP contribution in [0, 0.1) is 0 Å². The zero-order valence-electron chi connectivity index (χ0n) is 14.6. The maximum absolute atomic E-state index is 12.7. The molecule has 0 fully saturated rings. The van der Waals surface area contributed by atoms with Gasteiger partial charge in [-0.3, -0.25) is 4.79 Å². The van der Waals surface area contributed by atoms with Gasteiger partial charge in [0.25, 0.3) is 0 Å². The summed E-state index contributed by atoms with van der Waals surface area (Å²) in [7, 11) is -2.45. The summed E-state index contributed by atoms with van der Waals surface area (Å²) in [6.07, 6.45) is 0.936. The first kappa shape index (κ1) is 19.6. The van der Waals surface area contributed by atoms with Crippen molar-refractivity contribution in [3.63, 3.8) is 0 Å². The van der Waals surface area contributed by atoms with Crippen molar-refractivity contribution in [1.29, 1.82) is 0 Å². The fourth-order valence-electron chi connectivity index (χ4n) is 2.41. The molecular formula is C18H23NO4S2. The summed E-state index contributed by atoms with van der Waals surface area (Å²) in [6.45, 7) is 4.19. The minimum atomic E-state index is -3.74. The molecule has 0 aliphatic rings. The number of ether oxygens (including phenoxy) is 1. The Bertz CT molecular complexity index is 783. The van der Waals surface area contributed by atoms with Gasteiger partial charge >= 0.3 is 5.97 Å². The van der Waals surface area contributed by atoms with Crippen LogP contribution in [0.4, 0.5) is 0 Å². The number of carbonyl (C=O) groups excluding carboxylic acids is 1. The number of carbonyl (C=O) groups is 1. The number of sulfonamides is 1. The van der Waals surface area contributed by atoms with Gasteiger partial charge in [0.1, 0.15) is 0 Å². The van der Waals surface area contributed by atoms with Crippen molar-refractivity contribution in [1.82, 2.24) is 4.72 Å². The van der Waals surface area contributed by atoms with Crippen LogP contribution in [0.3, 0.4) is 0 Å². The van der Waals surface area contributed by atoms with Gasteiger partial charge in [0.2, 0.25) is 10.0 Å². The van der Waals surface area contributed by atoms with Crippen molar-refractivity contribution in [3.05, 3.63) is 52.2 Å². The summed E-state index contributed by atoms with van der Waals surface area (Å²) in [5.41, 5.74) is 1.10. The van der Waals surface area contributed by atoms with Gasteiger partial charge < -0.3 is 4.74 Å². The highest BCUT2D eigenvalue weighted by Gasteiger charge is 2.25. The number of benzene rings is 1. The van der Waals surface area contributed by atoms with Gasteiger partial charge in [0.05, 0.1) is 24.5 Å². The molecular weight excluding hydrogens is 358 g/mol. The van der Waals surface area contributed by atoms with Gasteiger partial charge in [-0.1, -0.05) is 32.0 Å². The SMILES string of the molecule is CCC(C)c1ccc(S(=O)(=O)NC(CC(=O)OC)c2cccs2)cc1. The Kier molecular flexibility index (Phi) is 6.75. The third-order valence-corrected chi connectivity index (χ3v) is 6.63. The minimum Gasteiger partial charge on any atom is -0.469 e. The van der Waals surface area contributed by atoms with E-state index in [0.717, 1.165) is 16.9 Å². The van der Waals surface area contributed by atoms with E-state index in [-0.39, 0.29) is 11.3 Å². The fraction of sp³-hybridized carbons (Fsp3) is 0.389. The average Bonchev–Trinajstić information content (AvgIpc) is 3.15. The van der Waals surface area contributed by atoms with E-state index in [0.29, 0.717) is 5.92 Å². The number of methoxy groups -OCH3 is 1. The summed E-state index contributed by atoms with van der Waals surface area (Å²) in [5.74, 6) is -0.0869. The summed E-state index contributed by atoms with van der Waals surface area (Å²) in [4.78, 5) is 12.6. The summed E-state index contributed by atoms with van der Waals surface area (Å²) in [5, 5.41) is 1.84. The molecule has 1 heterocycles. The van der Waals surface area contributed by atoms with Crippen LogP contribution in [0.2, 0.25) is 0 Å². The minimum absolute atomic E-state index is 0.0544. The third kappa shape index (κ3) is 5.14. The molecule has 5 nitrogen and oxygen atoms in total. The van der Waals surface area contributed by atoms with Crippen molar-refractivity contribution in [2.24, 2.45) is 0 Å². The molecule has 136 valence electrons. The van der Waals surface area contributed by atoms with Gasteiger partial charge in [-0.2, -0.15) is 0 Å². The molecule has 2 aromatic rings. The average molecular weight is 382 g/mol. The van der Waals surface area contributed by atoms with Crippen LogP contribution in [-0.4, -0.2) is 21.5 Å². The fourth-order valence-corrected chi connectivity index (χ4v) is 4.47. The summed E-state index contributed by atoms with van der Waals surface area (Å²) in [6, 6.07) is 9.85. The van der Waals surface area contributed by atoms with E-state index < -0.39 is 22.0 Å². The molecule has 7 heteroatoms. The Balaban J connectivity index is 2.23. The van der Waals surface area contributed by atoms with E-state index in [1.807, 2.05) is 23.6 Å². The molecule has 1 aromatic carbocycles. The van der Waals surface area contributed by atoms with Gasteiger partial charge in [0.15, 0.2) is 0 Å². The Morgan fingerprint density at radius 1 is 1.24 bits per heavy atom. The second-order valence-corrected chi connectivity index (χ2v) is 8.54. The lowest BCUT2D eigenvalue weighted by Crippen LogP contribution is -2.30. The molecule has 2 rings (SSSR count). The first-order valence-electron chi connectivity index (χ1n) is 8.10. The predicted octanol–water partition coefficient (Wildman–Crippen LogP) is 3.84. The van der Waals surface area contributed by atoms with E-state index in [9.17, 15) is 13.2 Å². The molecule has 0 aliphatic carbocycles. The predicted molar refractivity (Wildman–Crippen MR) is 99.2 cm³/mol. The lowest BCUT2D eigenvalue weighted by molar-refractivity contribution is -0.141. The number of esters is 1. The lowest BCUT2D eigenvalue weighted by atomic mass is 9.99. The van der Waals surface area contributed by atoms with Crippen molar-refractivity contribution in [3.8, 4) is 0 Å². The van der Waals surface area contributed by atoms with E-state index in [4.69, 9.17) is 0 Å². The van der Waals surface area contributed by atoms with E-state index >= 15 is 0 Å². The van der Waals surface area contributed by atoms with E-state index in [1.54, 1.807) is 18.2 Å². The first-order valence-corrected chi connectivity index (χ1v) is 10.5. The van der Waals surface area contributed by atoms with Gasteiger partial charge in [-0.05, 0) is 41.5 Å². The highest BCUT2D eigenvalue weighted by Crippen LogP contribution is 2.26. The molecule has 0 amide bonds. The van der Waals surface area contributed by atoms with Crippen molar-refractivity contribution >= 4 is 27.3 Å². The summed E-state index contributed by atoms with van der Waals surface area (Å²) < 4.78 is 32.7. The Morgan fingerprint density at radius 3 is 2.44 bits per heavy atom. The molecule has 0 spiro atoms. The molecule has 0 aliphatic heterocycles. The molecule has 25 heavy (non-hydrogen) atoms. The Hall–Kier alpha value is -1.70. The second-order valence-electron chi connectivity index (χ2n) is 5.85. The van der Waals surface area contributed by atoms with Crippen LogP contribution in [-0.2, 0) is 19.6 Å². The number of thiophene rings is 1.